The molecule has 2 nitrogen and oxygen atoms in total. The van der Waals surface area contributed by atoms with Crippen molar-refractivity contribution >= 4 is 5.97 Å². The lowest BCUT2D eigenvalue weighted by atomic mass is 10.1. The fourth-order valence-electron chi connectivity index (χ4n) is 2.06. The van der Waals surface area contributed by atoms with Gasteiger partial charge < -0.3 is 4.74 Å². The minimum atomic E-state index is -0.530. The van der Waals surface area contributed by atoms with Crippen molar-refractivity contribution in [1.82, 2.24) is 0 Å². The molecule has 1 saturated carbocycles. The molecule has 0 bridgehead atoms. The van der Waals surface area contributed by atoms with E-state index in [9.17, 15) is 4.79 Å². The maximum absolute atomic E-state index is 11.7. The van der Waals surface area contributed by atoms with Crippen LogP contribution in [0.25, 0.3) is 0 Å². The van der Waals surface area contributed by atoms with Gasteiger partial charge in [-0.2, -0.15) is 0 Å². The van der Waals surface area contributed by atoms with E-state index >= 15 is 0 Å². The Morgan fingerprint density at radius 2 is 2.36 bits per heavy atom. The number of carbonyl (C=O) groups excluding carboxylic acids is 1. The zero-order chi connectivity index (χ0) is 10.3. The minimum Gasteiger partial charge on any atom is -0.455 e. The van der Waals surface area contributed by atoms with Gasteiger partial charge in [0.2, 0.25) is 0 Å². The van der Waals surface area contributed by atoms with E-state index in [-0.39, 0.29) is 11.9 Å². The van der Waals surface area contributed by atoms with E-state index in [1.54, 1.807) is 6.08 Å². The third kappa shape index (κ3) is 1.49. The minimum absolute atomic E-state index is 0.0609. The smallest absolute Gasteiger partial charge is 0.310 e. The summed E-state index contributed by atoms with van der Waals surface area (Å²) >= 11 is 0. The zero-order valence-corrected chi connectivity index (χ0v) is 8.69. The monoisotopic (exact) mass is 192 g/mol. The quantitative estimate of drug-likeness (QED) is 0.506. The molecule has 0 N–H and O–H groups in total. The normalized spacial score (nSPS) is 33.7. The summed E-state index contributed by atoms with van der Waals surface area (Å²) in [5, 5.41) is 0. The van der Waals surface area contributed by atoms with Gasteiger partial charge in [0.1, 0.15) is 5.60 Å². The van der Waals surface area contributed by atoms with Crippen molar-refractivity contribution in [2.24, 2.45) is 17.8 Å². The first-order chi connectivity index (χ1) is 6.55. The van der Waals surface area contributed by atoms with Crippen LogP contribution in [0.3, 0.4) is 0 Å². The van der Waals surface area contributed by atoms with E-state index in [1.807, 2.05) is 13.8 Å². The van der Waals surface area contributed by atoms with Gasteiger partial charge in [-0.25, -0.2) is 0 Å². The van der Waals surface area contributed by atoms with E-state index in [0.717, 1.165) is 6.42 Å². The van der Waals surface area contributed by atoms with Gasteiger partial charge in [0.25, 0.3) is 0 Å². The SMILES string of the molecule is C=CC(C)(C)OC(=O)[C@H]1[C@H]2C=CC[C@H]21. The average molecular weight is 192 g/mol. The van der Waals surface area contributed by atoms with Crippen molar-refractivity contribution < 1.29 is 9.53 Å². The van der Waals surface area contributed by atoms with Crippen LogP contribution in [0.15, 0.2) is 24.8 Å². The van der Waals surface area contributed by atoms with Gasteiger partial charge in [0, 0.05) is 0 Å². The molecule has 0 amide bonds. The van der Waals surface area contributed by atoms with Gasteiger partial charge >= 0.3 is 5.97 Å². The lowest BCUT2D eigenvalue weighted by Crippen LogP contribution is -2.26. The summed E-state index contributed by atoms with van der Waals surface area (Å²) in [6.45, 7) is 7.35. The Hall–Kier alpha value is -1.05. The highest BCUT2D eigenvalue weighted by Crippen LogP contribution is 2.54. The number of hydrogen-bond acceptors (Lipinski definition) is 2. The standard InChI is InChI=1S/C12H16O2/c1-4-12(2,3)14-11(13)10-8-6-5-7-9(8)10/h4-6,8-10H,1,7H2,2-3H3/t8-,9+,10-/m0/s1. The Morgan fingerprint density at radius 3 is 2.86 bits per heavy atom. The van der Waals surface area contributed by atoms with Crippen LogP contribution >= 0.6 is 0 Å². The van der Waals surface area contributed by atoms with E-state index in [2.05, 4.69) is 18.7 Å². The molecule has 0 spiro atoms. The highest BCUT2D eigenvalue weighted by atomic mass is 16.6. The number of allylic oxidation sites excluding steroid dienone is 2. The molecule has 0 aromatic rings. The van der Waals surface area contributed by atoms with Crippen LogP contribution in [0.2, 0.25) is 0 Å². The van der Waals surface area contributed by atoms with Crippen molar-refractivity contribution in [2.45, 2.75) is 25.9 Å². The lowest BCUT2D eigenvalue weighted by Gasteiger charge is -2.20. The second-order valence-corrected chi connectivity index (χ2v) is 4.66. The molecular formula is C12H16O2. The van der Waals surface area contributed by atoms with Crippen molar-refractivity contribution in [3.63, 3.8) is 0 Å². The number of esters is 1. The second-order valence-electron chi connectivity index (χ2n) is 4.66. The van der Waals surface area contributed by atoms with Gasteiger partial charge in [-0.3, -0.25) is 4.79 Å². The first-order valence-corrected chi connectivity index (χ1v) is 5.08. The average Bonchev–Trinajstić information content (AvgIpc) is 2.61. The third-order valence-corrected chi connectivity index (χ3v) is 3.12. The second kappa shape index (κ2) is 2.97. The summed E-state index contributed by atoms with van der Waals surface area (Å²) in [6.07, 6.45) is 6.99. The van der Waals surface area contributed by atoms with Gasteiger partial charge in [-0.05, 0) is 38.2 Å². The Morgan fingerprint density at radius 1 is 1.64 bits per heavy atom. The summed E-state index contributed by atoms with van der Waals surface area (Å²) in [7, 11) is 0. The fraction of sp³-hybridized carbons (Fsp3) is 0.583. The maximum atomic E-state index is 11.7. The fourth-order valence-corrected chi connectivity index (χ4v) is 2.06. The molecule has 0 aliphatic heterocycles. The highest BCUT2D eigenvalue weighted by molar-refractivity contribution is 5.78. The molecule has 14 heavy (non-hydrogen) atoms. The molecule has 0 unspecified atom stereocenters. The Kier molecular flexibility index (Phi) is 2.02. The largest absolute Gasteiger partial charge is 0.455 e. The first-order valence-electron chi connectivity index (χ1n) is 5.08. The summed E-state index contributed by atoms with van der Waals surface area (Å²) in [5.74, 6) is 1.06. The van der Waals surface area contributed by atoms with E-state index in [1.165, 1.54) is 0 Å². The maximum Gasteiger partial charge on any atom is 0.310 e. The topological polar surface area (TPSA) is 26.3 Å². The summed E-state index contributed by atoms with van der Waals surface area (Å²) in [5.41, 5.74) is -0.530. The summed E-state index contributed by atoms with van der Waals surface area (Å²) in [6, 6.07) is 0. The lowest BCUT2D eigenvalue weighted by molar-refractivity contribution is -0.154. The van der Waals surface area contributed by atoms with Gasteiger partial charge in [0.05, 0.1) is 5.92 Å². The third-order valence-electron chi connectivity index (χ3n) is 3.12. The molecule has 0 saturated heterocycles. The van der Waals surface area contributed by atoms with Crippen LogP contribution in [0.5, 0.6) is 0 Å². The number of carbonyl (C=O) groups is 1. The number of rotatable bonds is 3. The van der Waals surface area contributed by atoms with E-state index in [0.29, 0.717) is 11.8 Å². The molecule has 3 atom stereocenters. The Bertz CT molecular complexity index is 301. The summed E-state index contributed by atoms with van der Waals surface area (Å²) in [4.78, 5) is 11.7. The van der Waals surface area contributed by atoms with Crippen molar-refractivity contribution in [3.05, 3.63) is 24.8 Å². The van der Waals surface area contributed by atoms with Crippen LogP contribution < -0.4 is 0 Å². The zero-order valence-electron chi connectivity index (χ0n) is 8.69. The number of fused-ring (bicyclic) bond motifs is 1. The molecule has 2 rings (SSSR count). The van der Waals surface area contributed by atoms with Crippen LogP contribution in [0.1, 0.15) is 20.3 Å². The molecule has 76 valence electrons. The molecule has 2 aliphatic rings. The molecule has 2 aliphatic carbocycles. The first kappa shape index (κ1) is 9.50. The molecular weight excluding hydrogens is 176 g/mol. The van der Waals surface area contributed by atoms with Crippen LogP contribution in [0, 0.1) is 17.8 Å². The van der Waals surface area contributed by atoms with E-state index in [4.69, 9.17) is 4.74 Å². The van der Waals surface area contributed by atoms with Crippen molar-refractivity contribution in [1.29, 1.82) is 0 Å². The highest BCUT2D eigenvalue weighted by Gasteiger charge is 2.56. The predicted molar refractivity (Wildman–Crippen MR) is 54.6 cm³/mol. The van der Waals surface area contributed by atoms with Gasteiger partial charge in [0.15, 0.2) is 0 Å². The molecule has 0 heterocycles. The van der Waals surface area contributed by atoms with Crippen LogP contribution in [-0.4, -0.2) is 11.6 Å². The van der Waals surface area contributed by atoms with Gasteiger partial charge in [-0.1, -0.05) is 18.7 Å². The van der Waals surface area contributed by atoms with E-state index < -0.39 is 5.60 Å². The number of hydrogen-bond donors (Lipinski definition) is 0. The Balaban J connectivity index is 1.92. The molecule has 0 radical (unpaired) electrons. The molecule has 2 heteroatoms. The molecule has 0 aromatic carbocycles. The van der Waals surface area contributed by atoms with Gasteiger partial charge in [-0.15, -0.1) is 0 Å². The van der Waals surface area contributed by atoms with Crippen molar-refractivity contribution in [2.75, 3.05) is 0 Å². The molecule has 1 fully saturated rings. The number of ether oxygens (including phenoxy) is 1. The molecule has 0 aromatic heterocycles. The van der Waals surface area contributed by atoms with Crippen LogP contribution in [0.4, 0.5) is 0 Å². The predicted octanol–water partition coefficient (Wildman–Crippen LogP) is 2.32. The van der Waals surface area contributed by atoms with Crippen molar-refractivity contribution in [3.8, 4) is 0 Å². The van der Waals surface area contributed by atoms with Crippen LogP contribution in [-0.2, 0) is 9.53 Å². The Labute approximate surface area is 84.6 Å². The summed E-state index contributed by atoms with van der Waals surface area (Å²) < 4.78 is 5.36.